The Morgan fingerprint density at radius 2 is 1.77 bits per heavy atom. The quantitative estimate of drug-likeness (QED) is 0.408. The van der Waals surface area contributed by atoms with E-state index in [1.165, 1.54) is 0 Å². The Hall–Kier alpha value is -2.17. The summed E-state index contributed by atoms with van der Waals surface area (Å²) in [5.74, 6) is 0.909. The van der Waals surface area contributed by atoms with Crippen molar-refractivity contribution in [1.29, 1.82) is 0 Å². The molecule has 26 heavy (non-hydrogen) atoms. The van der Waals surface area contributed by atoms with Crippen molar-refractivity contribution in [3.8, 4) is 5.75 Å². The van der Waals surface area contributed by atoms with E-state index in [1.807, 2.05) is 67.7 Å². The van der Waals surface area contributed by atoms with Crippen LogP contribution in [0, 0.1) is 0 Å². The summed E-state index contributed by atoms with van der Waals surface area (Å²) < 4.78 is 6.66. The van der Waals surface area contributed by atoms with Crippen LogP contribution in [0.4, 0.5) is 0 Å². The molecule has 4 heteroatoms. The molecule has 0 aliphatic heterocycles. The highest BCUT2D eigenvalue weighted by Gasteiger charge is 2.07. The van der Waals surface area contributed by atoms with E-state index in [2.05, 4.69) is 33.5 Å². The molecule has 0 aliphatic rings. The van der Waals surface area contributed by atoms with Crippen molar-refractivity contribution in [3.05, 3.63) is 88.9 Å². The van der Waals surface area contributed by atoms with E-state index in [0.29, 0.717) is 13.0 Å². The molecular formula is C22H24BrNO2. The Balaban J connectivity index is 1.79. The zero-order valence-corrected chi connectivity index (χ0v) is 16.6. The van der Waals surface area contributed by atoms with Gasteiger partial charge >= 0.3 is 0 Å². The minimum atomic E-state index is 0.109. The van der Waals surface area contributed by atoms with Crippen LogP contribution < -0.4 is 4.74 Å². The first kappa shape index (κ1) is 20.1. The number of halogens is 1. The molecule has 3 nitrogen and oxygen atoms in total. The highest BCUT2D eigenvalue weighted by molar-refractivity contribution is 9.10. The van der Waals surface area contributed by atoms with E-state index in [-0.39, 0.29) is 5.78 Å². The van der Waals surface area contributed by atoms with Crippen LogP contribution in [-0.4, -0.2) is 37.4 Å². The lowest BCUT2D eigenvalue weighted by Crippen LogP contribution is -2.17. The summed E-state index contributed by atoms with van der Waals surface area (Å²) in [6.45, 7) is 5.98. The van der Waals surface area contributed by atoms with Gasteiger partial charge in [0.2, 0.25) is 0 Å². The summed E-state index contributed by atoms with van der Waals surface area (Å²) in [5, 5.41) is 0. The van der Waals surface area contributed by atoms with E-state index in [9.17, 15) is 4.79 Å². The first-order valence-electron chi connectivity index (χ1n) is 8.53. The zero-order chi connectivity index (χ0) is 18.8. The van der Waals surface area contributed by atoms with Gasteiger partial charge in [0.1, 0.15) is 12.4 Å². The number of hydrogen-bond donors (Lipinski definition) is 0. The van der Waals surface area contributed by atoms with E-state index >= 15 is 0 Å². The van der Waals surface area contributed by atoms with Crippen LogP contribution in [0.25, 0.3) is 0 Å². The molecular weight excluding hydrogens is 390 g/mol. The van der Waals surface area contributed by atoms with Crippen LogP contribution in [0.15, 0.2) is 77.8 Å². The number of likely N-dealkylation sites (N-methyl/N-ethyl adjacent to an activating group) is 1. The van der Waals surface area contributed by atoms with Gasteiger partial charge in [0.25, 0.3) is 0 Å². The van der Waals surface area contributed by atoms with Gasteiger partial charge in [-0.1, -0.05) is 58.4 Å². The average molecular weight is 414 g/mol. The Morgan fingerprint density at radius 3 is 2.42 bits per heavy atom. The van der Waals surface area contributed by atoms with E-state index in [0.717, 1.165) is 34.4 Å². The molecule has 136 valence electrons. The number of nitrogens with zero attached hydrogens (tertiary/aromatic N) is 1. The van der Waals surface area contributed by atoms with Crippen molar-refractivity contribution >= 4 is 21.7 Å². The van der Waals surface area contributed by atoms with Crippen molar-refractivity contribution < 1.29 is 9.53 Å². The number of rotatable bonds is 10. The molecule has 0 atom stereocenters. The maximum absolute atomic E-state index is 12.3. The van der Waals surface area contributed by atoms with Gasteiger partial charge in [-0.2, -0.15) is 0 Å². The predicted octanol–water partition coefficient (Wildman–Crippen LogP) is 4.93. The Bertz CT molecular complexity index is 736. The van der Waals surface area contributed by atoms with Gasteiger partial charge in [-0.25, -0.2) is 0 Å². The van der Waals surface area contributed by atoms with Crippen LogP contribution in [0.5, 0.6) is 5.75 Å². The van der Waals surface area contributed by atoms with Gasteiger partial charge in [0, 0.05) is 29.5 Å². The fourth-order valence-corrected chi connectivity index (χ4v) is 2.65. The molecule has 0 saturated heterocycles. The third kappa shape index (κ3) is 6.98. The molecule has 0 saturated carbocycles. The standard InChI is InChI=1S/C22H24BrNO2/c1-3-14-24(2)15-4-5-16-26-21-12-6-18(7-13-21)17-22(25)19-8-10-20(23)11-9-19/h3-13H,1,14-17H2,2H3. The maximum Gasteiger partial charge on any atom is 0.167 e. The van der Waals surface area contributed by atoms with Crippen LogP contribution in [0.2, 0.25) is 0 Å². The second-order valence-corrected chi connectivity index (χ2v) is 6.96. The summed E-state index contributed by atoms with van der Waals surface area (Å²) in [7, 11) is 2.04. The molecule has 0 N–H and O–H groups in total. The molecule has 2 aromatic rings. The number of Topliss-reactive ketones (excluding diaryl/α,β-unsaturated/α-hetero) is 1. The van der Waals surface area contributed by atoms with Crippen LogP contribution >= 0.6 is 15.9 Å². The van der Waals surface area contributed by atoms with Crippen molar-refractivity contribution in [2.45, 2.75) is 6.42 Å². The van der Waals surface area contributed by atoms with Crippen LogP contribution in [0.1, 0.15) is 15.9 Å². The Kier molecular flexibility index (Phi) is 8.32. The second-order valence-electron chi connectivity index (χ2n) is 6.04. The van der Waals surface area contributed by atoms with Crippen molar-refractivity contribution in [1.82, 2.24) is 4.90 Å². The summed E-state index contributed by atoms with van der Waals surface area (Å²) in [6, 6.07) is 15.1. The zero-order valence-electron chi connectivity index (χ0n) is 15.0. The molecule has 0 aromatic heterocycles. The first-order valence-corrected chi connectivity index (χ1v) is 9.32. The molecule has 0 amide bonds. The first-order chi connectivity index (χ1) is 12.6. The van der Waals surface area contributed by atoms with Crippen molar-refractivity contribution in [3.63, 3.8) is 0 Å². The topological polar surface area (TPSA) is 29.5 Å². The molecule has 0 fully saturated rings. The van der Waals surface area contributed by atoms with E-state index < -0.39 is 0 Å². The van der Waals surface area contributed by atoms with Gasteiger partial charge < -0.3 is 4.74 Å². The number of carbonyl (C=O) groups excluding carboxylic acids is 1. The van der Waals surface area contributed by atoms with Crippen LogP contribution in [-0.2, 0) is 6.42 Å². The number of ether oxygens (including phenoxy) is 1. The van der Waals surface area contributed by atoms with Crippen molar-refractivity contribution in [2.75, 3.05) is 26.7 Å². The number of carbonyl (C=O) groups is 1. The molecule has 0 radical (unpaired) electrons. The number of benzene rings is 2. The van der Waals surface area contributed by atoms with Gasteiger partial charge in [-0.3, -0.25) is 9.69 Å². The highest BCUT2D eigenvalue weighted by atomic mass is 79.9. The molecule has 0 unspecified atom stereocenters. The molecule has 2 rings (SSSR count). The second kappa shape index (κ2) is 10.7. The van der Waals surface area contributed by atoms with Gasteiger partial charge in [0.05, 0.1) is 0 Å². The third-order valence-electron chi connectivity index (χ3n) is 3.82. The van der Waals surface area contributed by atoms with Gasteiger partial charge in [-0.15, -0.1) is 6.58 Å². The number of ketones is 1. The minimum Gasteiger partial charge on any atom is -0.490 e. The van der Waals surface area contributed by atoms with Crippen LogP contribution in [0.3, 0.4) is 0 Å². The lowest BCUT2D eigenvalue weighted by Gasteiger charge is -2.10. The predicted molar refractivity (Wildman–Crippen MR) is 111 cm³/mol. The monoisotopic (exact) mass is 413 g/mol. The normalized spacial score (nSPS) is 11.0. The SMILES string of the molecule is C=CCN(C)CC=CCOc1ccc(CC(=O)c2ccc(Br)cc2)cc1. The van der Waals surface area contributed by atoms with E-state index in [1.54, 1.807) is 0 Å². The van der Waals surface area contributed by atoms with Gasteiger partial charge in [-0.05, 0) is 36.9 Å². The average Bonchev–Trinajstić information content (AvgIpc) is 2.63. The highest BCUT2D eigenvalue weighted by Crippen LogP contribution is 2.16. The van der Waals surface area contributed by atoms with E-state index in [4.69, 9.17) is 4.74 Å². The molecule has 0 aliphatic carbocycles. The Labute approximate surface area is 164 Å². The summed E-state index contributed by atoms with van der Waals surface area (Å²) >= 11 is 3.38. The summed E-state index contributed by atoms with van der Waals surface area (Å²) in [4.78, 5) is 14.4. The van der Waals surface area contributed by atoms with Gasteiger partial charge in [0.15, 0.2) is 5.78 Å². The molecule has 2 aromatic carbocycles. The van der Waals surface area contributed by atoms with Crippen molar-refractivity contribution in [2.24, 2.45) is 0 Å². The Morgan fingerprint density at radius 1 is 1.08 bits per heavy atom. The summed E-state index contributed by atoms with van der Waals surface area (Å²) in [5.41, 5.74) is 1.70. The molecule has 0 spiro atoms. The lowest BCUT2D eigenvalue weighted by molar-refractivity contribution is 0.0993. The largest absolute Gasteiger partial charge is 0.490 e. The fourth-order valence-electron chi connectivity index (χ4n) is 2.39. The smallest absolute Gasteiger partial charge is 0.167 e. The molecule has 0 bridgehead atoms. The third-order valence-corrected chi connectivity index (χ3v) is 4.35. The minimum absolute atomic E-state index is 0.109. The number of hydrogen-bond acceptors (Lipinski definition) is 3. The lowest BCUT2D eigenvalue weighted by atomic mass is 10.0. The maximum atomic E-state index is 12.3. The molecule has 0 heterocycles. The summed E-state index contributed by atoms with van der Waals surface area (Å²) in [6.07, 6.45) is 6.35. The fraction of sp³-hybridized carbons (Fsp3) is 0.227.